The number of benzene rings is 1. The molecule has 27 heavy (non-hydrogen) atoms. The molecule has 0 radical (unpaired) electrons. The van der Waals surface area contributed by atoms with Gasteiger partial charge in [0.15, 0.2) is 6.10 Å². The summed E-state index contributed by atoms with van der Waals surface area (Å²) in [4.78, 5) is 36.8. The van der Waals surface area contributed by atoms with Gasteiger partial charge in [0, 0.05) is 18.2 Å². The molecule has 2 amide bonds. The van der Waals surface area contributed by atoms with Crippen molar-refractivity contribution in [1.29, 1.82) is 0 Å². The van der Waals surface area contributed by atoms with Gasteiger partial charge in [0.05, 0.1) is 5.92 Å². The molecule has 0 spiro atoms. The summed E-state index contributed by atoms with van der Waals surface area (Å²) in [6.07, 6.45) is 5.38. The van der Waals surface area contributed by atoms with Crippen LogP contribution < -0.4 is 10.6 Å². The maximum atomic E-state index is 13.4. The molecule has 0 unspecified atom stereocenters. The SMILES string of the molecule is C[C@@H](OC(=O)[C@H]1CC(=O)Nc2cc(F)ccc21)C(=O)NC1CCCCCC1. The third kappa shape index (κ3) is 4.84. The van der Waals surface area contributed by atoms with Gasteiger partial charge >= 0.3 is 5.97 Å². The van der Waals surface area contributed by atoms with Crippen molar-refractivity contribution in [1.82, 2.24) is 5.32 Å². The highest BCUT2D eigenvalue weighted by molar-refractivity contribution is 6.00. The Bertz CT molecular complexity index is 729. The number of rotatable bonds is 4. The number of halogens is 1. The lowest BCUT2D eigenvalue weighted by Gasteiger charge is -2.26. The normalized spacial score (nSPS) is 21.4. The molecule has 0 aromatic heterocycles. The van der Waals surface area contributed by atoms with E-state index in [9.17, 15) is 18.8 Å². The van der Waals surface area contributed by atoms with Gasteiger partial charge in [-0.05, 0) is 37.5 Å². The van der Waals surface area contributed by atoms with Gasteiger partial charge in [-0.25, -0.2) is 4.39 Å². The number of nitrogens with one attached hydrogen (secondary N) is 2. The lowest BCUT2D eigenvalue weighted by Crippen LogP contribution is -2.42. The first-order valence-electron chi connectivity index (χ1n) is 9.54. The standard InChI is InChI=1S/C20H25FN2O4/c1-12(19(25)22-14-6-4-2-3-5-7-14)27-20(26)16-11-18(24)23-17-10-13(21)8-9-15(16)17/h8-10,12,14,16H,2-7,11H2,1H3,(H,22,25)(H,23,24)/t12-,16+/m1/s1. The number of hydrogen-bond acceptors (Lipinski definition) is 4. The monoisotopic (exact) mass is 376 g/mol. The molecule has 2 aliphatic rings. The average Bonchev–Trinajstić information content (AvgIpc) is 2.89. The lowest BCUT2D eigenvalue weighted by molar-refractivity contribution is -0.157. The number of amides is 2. The molecular weight excluding hydrogens is 351 g/mol. The molecule has 2 N–H and O–H groups in total. The Hall–Kier alpha value is -2.44. The van der Waals surface area contributed by atoms with Crippen LogP contribution in [-0.2, 0) is 19.1 Å². The first-order valence-corrected chi connectivity index (χ1v) is 9.54. The van der Waals surface area contributed by atoms with Crippen molar-refractivity contribution in [2.24, 2.45) is 0 Å². The molecular formula is C20H25FN2O4. The van der Waals surface area contributed by atoms with Gasteiger partial charge in [0.1, 0.15) is 5.82 Å². The van der Waals surface area contributed by atoms with Crippen LogP contribution in [0, 0.1) is 5.82 Å². The molecule has 0 bridgehead atoms. The molecule has 6 nitrogen and oxygen atoms in total. The van der Waals surface area contributed by atoms with Crippen LogP contribution in [0.25, 0.3) is 0 Å². The Morgan fingerprint density at radius 1 is 1.22 bits per heavy atom. The molecule has 1 heterocycles. The predicted octanol–water partition coefficient (Wildman–Crippen LogP) is 3.02. The molecule has 1 aliphatic carbocycles. The highest BCUT2D eigenvalue weighted by atomic mass is 19.1. The molecule has 2 atom stereocenters. The summed E-state index contributed by atoms with van der Waals surface area (Å²) in [5, 5.41) is 5.51. The topological polar surface area (TPSA) is 84.5 Å². The van der Waals surface area contributed by atoms with E-state index in [4.69, 9.17) is 4.74 Å². The van der Waals surface area contributed by atoms with Gasteiger partial charge in [-0.1, -0.05) is 31.7 Å². The summed E-state index contributed by atoms with van der Waals surface area (Å²) in [6.45, 7) is 1.53. The Balaban J connectivity index is 1.62. The van der Waals surface area contributed by atoms with E-state index in [1.165, 1.54) is 38.0 Å². The van der Waals surface area contributed by atoms with Crippen LogP contribution in [0.2, 0.25) is 0 Å². The number of esters is 1. The van der Waals surface area contributed by atoms with Crippen molar-refractivity contribution in [2.75, 3.05) is 5.32 Å². The van der Waals surface area contributed by atoms with Crippen molar-refractivity contribution >= 4 is 23.5 Å². The first-order chi connectivity index (χ1) is 12.9. The van der Waals surface area contributed by atoms with Crippen LogP contribution in [0.1, 0.15) is 63.4 Å². The van der Waals surface area contributed by atoms with Crippen molar-refractivity contribution in [3.8, 4) is 0 Å². The predicted molar refractivity (Wildman–Crippen MR) is 97.6 cm³/mol. The molecule has 146 valence electrons. The van der Waals surface area contributed by atoms with Crippen LogP contribution in [0.3, 0.4) is 0 Å². The van der Waals surface area contributed by atoms with Crippen molar-refractivity contribution in [3.63, 3.8) is 0 Å². The quantitative estimate of drug-likeness (QED) is 0.625. The number of carbonyl (C=O) groups is 3. The zero-order chi connectivity index (χ0) is 19.4. The van der Waals surface area contributed by atoms with Crippen molar-refractivity contribution in [2.45, 2.75) is 69.9 Å². The highest BCUT2D eigenvalue weighted by Gasteiger charge is 2.34. The second-order valence-electron chi connectivity index (χ2n) is 7.31. The van der Waals surface area contributed by atoms with E-state index in [0.29, 0.717) is 5.56 Å². The fourth-order valence-electron chi connectivity index (χ4n) is 3.70. The van der Waals surface area contributed by atoms with Crippen molar-refractivity contribution < 1.29 is 23.5 Å². The van der Waals surface area contributed by atoms with Crippen LogP contribution in [0.15, 0.2) is 18.2 Å². The average molecular weight is 376 g/mol. The molecule has 1 fully saturated rings. The van der Waals surface area contributed by atoms with E-state index in [0.717, 1.165) is 25.7 Å². The largest absolute Gasteiger partial charge is 0.452 e. The number of hydrogen-bond donors (Lipinski definition) is 2. The summed E-state index contributed by atoms with van der Waals surface area (Å²) < 4.78 is 18.7. The fraction of sp³-hybridized carbons (Fsp3) is 0.550. The Kier molecular flexibility index (Phi) is 6.08. The minimum absolute atomic E-state index is 0.0889. The summed E-state index contributed by atoms with van der Waals surface area (Å²) in [5.41, 5.74) is 0.765. The van der Waals surface area contributed by atoms with E-state index in [-0.39, 0.29) is 30.0 Å². The van der Waals surface area contributed by atoms with Gasteiger partial charge in [0.25, 0.3) is 5.91 Å². The molecule has 1 aromatic rings. The zero-order valence-corrected chi connectivity index (χ0v) is 15.4. The second-order valence-corrected chi connectivity index (χ2v) is 7.31. The van der Waals surface area contributed by atoms with E-state index in [1.54, 1.807) is 0 Å². The maximum absolute atomic E-state index is 13.4. The summed E-state index contributed by atoms with van der Waals surface area (Å²) in [5.74, 6) is -2.71. The Morgan fingerprint density at radius 2 is 1.93 bits per heavy atom. The van der Waals surface area contributed by atoms with Crippen LogP contribution in [0.4, 0.5) is 10.1 Å². The fourth-order valence-corrected chi connectivity index (χ4v) is 3.70. The van der Waals surface area contributed by atoms with Crippen LogP contribution in [0.5, 0.6) is 0 Å². The zero-order valence-electron chi connectivity index (χ0n) is 15.4. The molecule has 1 aromatic carbocycles. The van der Waals surface area contributed by atoms with Gasteiger partial charge in [-0.2, -0.15) is 0 Å². The lowest BCUT2D eigenvalue weighted by atomic mass is 9.90. The van der Waals surface area contributed by atoms with Crippen molar-refractivity contribution in [3.05, 3.63) is 29.6 Å². The number of ether oxygens (including phenoxy) is 1. The van der Waals surface area contributed by atoms with E-state index in [2.05, 4.69) is 10.6 Å². The van der Waals surface area contributed by atoms with E-state index in [1.807, 2.05) is 0 Å². The maximum Gasteiger partial charge on any atom is 0.314 e. The number of fused-ring (bicyclic) bond motifs is 1. The van der Waals surface area contributed by atoms with Crippen LogP contribution >= 0.6 is 0 Å². The number of carbonyl (C=O) groups excluding carboxylic acids is 3. The second kappa shape index (κ2) is 8.50. The molecule has 3 rings (SSSR count). The van der Waals surface area contributed by atoms with Gasteiger partial charge in [-0.15, -0.1) is 0 Å². The summed E-state index contributed by atoms with van der Waals surface area (Å²) >= 11 is 0. The van der Waals surface area contributed by atoms with Gasteiger partial charge < -0.3 is 15.4 Å². The summed E-state index contributed by atoms with van der Waals surface area (Å²) in [7, 11) is 0. The molecule has 0 saturated heterocycles. The molecule has 7 heteroatoms. The molecule has 1 saturated carbocycles. The summed E-state index contributed by atoms with van der Waals surface area (Å²) in [6, 6.07) is 3.99. The van der Waals surface area contributed by atoms with E-state index < -0.39 is 23.8 Å². The van der Waals surface area contributed by atoms with Gasteiger partial charge in [-0.3, -0.25) is 14.4 Å². The molecule has 1 aliphatic heterocycles. The van der Waals surface area contributed by atoms with Gasteiger partial charge in [0.2, 0.25) is 5.91 Å². The third-order valence-corrected chi connectivity index (χ3v) is 5.20. The Morgan fingerprint density at radius 3 is 2.63 bits per heavy atom. The third-order valence-electron chi connectivity index (χ3n) is 5.20. The highest BCUT2D eigenvalue weighted by Crippen LogP contribution is 2.33. The minimum Gasteiger partial charge on any atom is -0.452 e. The number of anilines is 1. The smallest absolute Gasteiger partial charge is 0.314 e. The Labute approximate surface area is 157 Å². The van der Waals surface area contributed by atoms with E-state index >= 15 is 0 Å². The minimum atomic E-state index is -0.949. The van der Waals surface area contributed by atoms with Crippen LogP contribution in [-0.4, -0.2) is 29.9 Å². The first kappa shape index (κ1) is 19.3.